The molecule has 0 unspecified atom stereocenters. The van der Waals surface area contributed by atoms with Gasteiger partial charge in [0.15, 0.2) is 0 Å². The molecule has 2 aromatic rings. The van der Waals surface area contributed by atoms with Crippen LogP contribution in [0.25, 0.3) is 0 Å². The highest BCUT2D eigenvalue weighted by molar-refractivity contribution is 5.34. The van der Waals surface area contributed by atoms with Crippen LogP contribution in [0.5, 0.6) is 0 Å². The summed E-state index contributed by atoms with van der Waals surface area (Å²) in [5.41, 5.74) is 3.41. The van der Waals surface area contributed by atoms with E-state index in [0.717, 1.165) is 51.1 Å². The first-order valence-electron chi connectivity index (χ1n) is 11.6. The Morgan fingerprint density at radius 3 is 2.29 bits per heavy atom. The zero-order valence-electron chi connectivity index (χ0n) is 19.2. The number of halogens is 2. The van der Waals surface area contributed by atoms with Crippen molar-refractivity contribution in [2.75, 3.05) is 13.2 Å². The van der Waals surface area contributed by atoms with E-state index in [1.165, 1.54) is 23.3 Å². The minimum Gasteiger partial charge on any atom is -0.396 e. The molecule has 4 heteroatoms. The van der Waals surface area contributed by atoms with Crippen molar-refractivity contribution >= 4 is 0 Å². The number of benzene rings is 2. The lowest BCUT2D eigenvalue weighted by Gasteiger charge is -2.42. The van der Waals surface area contributed by atoms with Crippen LogP contribution in [0, 0.1) is 17.6 Å². The Labute approximate surface area is 186 Å². The Morgan fingerprint density at radius 1 is 1.00 bits per heavy atom. The molecule has 2 nitrogen and oxygen atoms in total. The third-order valence-corrected chi connectivity index (χ3v) is 6.78. The highest BCUT2D eigenvalue weighted by Gasteiger charge is 2.36. The van der Waals surface area contributed by atoms with E-state index in [9.17, 15) is 13.9 Å². The topological polar surface area (TPSA) is 32.3 Å². The Morgan fingerprint density at radius 2 is 1.68 bits per heavy atom. The van der Waals surface area contributed by atoms with Gasteiger partial charge in [0.25, 0.3) is 0 Å². The van der Waals surface area contributed by atoms with Crippen LogP contribution >= 0.6 is 0 Å². The molecule has 170 valence electrons. The van der Waals surface area contributed by atoms with Crippen molar-refractivity contribution in [1.29, 1.82) is 0 Å². The highest BCUT2D eigenvalue weighted by Crippen LogP contribution is 2.40. The van der Waals surface area contributed by atoms with Gasteiger partial charge in [-0.05, 0) is 91.6 Å². The molecule has 2 N–H and O–H groups in total. The second-order valence-corrected chi connectivity index (χ2v) is 10.2. The van der Waals surface area contributed by atoms with Gasteiger partial charge < -0.3 is 10.4 Å². The van der Waals surface area contributed by atoms with Gasteiger partial charge in [-0.3, -0.25) is 0 Å². The fourth-order valence-electron chi connectivity index (χ4n) is 4.74. The number of aryl methyl sites for hydroxylation is 1. The van der Waals surface area contributed by atoms with E-state index in [0.29, 0.717) is 17.9 Å². The van der Waals surface area contributed by atoms with E-state index >= 15 is 0 Å². The molecule has 0 bridgehead atoms. The first-order chi connectivity index (χ1) is 14.7. The zero-order chi connectivity index (χ0) is 22.5. The van der Waals surface area contributed by atoms with Crippen molar-refractivity contribution in [3.05, 3.63) is 70.8 Å². The Bertz CT molecular complexity index is 830. The number of hydrogen-bond acceptors (Lipinski definition) is 2. The summed E-state index contributed by atoms with van der Waals surface area (Å²) >= 11 is 0. The minimum absolute atomic E-state index is 0.0715. The number of rotatable bonds is 8. The second kappa shape index (κ2) is 10.2. The molecular formula is C27H37F2NO. The van der Waals surface area contributed by atoms with Gasteiger partial charge in [0.1, 0.15) is 11.6 Å². The van der Waals surface area contributed by atoms with Crippen LogP contribution in [-0.4, -0.2) is 18.3 Å². The van der Waals surface area contributed by atoms with E-state index < -0.39 is 11.6 Å². The quantitative estimate of drug-likeness (QED) is 0.486. The molecule has 1 aliphatic carbocycles. The number of unbranched alkanes of at least 4 members (excludes halogenated alkanes) is 1. The molecule has 1 saturated carbocycles. The van der Waals surface area contributed by atoms with Crippen LogP contribution < -0.4 is 5.32 Å². The van der Waals surface area contributed by atoms with Crippen LogP contribution in [0.3, 0.4) is 0 Å². The second-order valence-electron chi connectivity index (χ2n) is 10.2. The fraction of sp³-hybridized carbons (Fsp3) is 0.556. The summed E-state index contributed by atoms with van der Waals surface area (Å²) in [6.07, 6.45) is 6.57. The lowest BCUT2D eigenvalue weighted by molar-refractivity contribution is 0.132. The first-order valence-corrected chi connectivity index (χ1v) is 11.6. The van der Waals surface area contributed by atoms with Crippen molar-refractivity contribution in [2.24, 2.45) is 5.92 Å². The normalized spacial score (nSPS) is 21.9. The predicted octanol–water partition coefficient (Wildman–Crippen LogP) is 6.25. The van der Waals surface area contributed by atoms with Crippen LogP contribution in [0.1, 0.15) is 76.0 Å². The molecule has 0 radical (unpaired) electrons. The molecule has 3 rings (SSSR count). The average molecular weight is 430 g/mol. The monoisotopic (exact) mass is 429 g/mol. The molecule has 0 aliphatic heterocycles. The van der Waals surface area contributed by atoms with Crippen molar-refractivity contribution in [3.8, 4) is 0 Å². The van der Waals surface area contributed by atoms with E-state index in [2.05, 4.69) is 50.4 Å². The van der Waals surface area contributed by atoms with Crippen molar-refractivity contribution < 1.29 is 13.9 Å². The van der Waals surface area contributed by atoms with Crippen molar-refractivity contribution in [1.82, 2.24) is 5.32 Å². The van der Waals surface area contributed by atoms with Crippen molar-refractivity contribution in [2.45, 2.75) is 76.7 Å². The van der Waals surface area contributed by atoms with Crippen LogP contribution in [0.15, 0.2) is 42.5 Å². The molecule has 0 saturated heterocycles. The smallest absolute Gasteiger partial charge is 0.126 e. The molecule has 0 aromatic heterocycles. The highest BCUT2D eigenvalue weighted by atomic mass is 19.1. The van der Waals surface area contributed by atoms with Gasteiger partial charge >= 0.3 is 0 Å². The number of nitrogens with one attached hydrogen (secondary N) is 1. The summed E-state index contributed by atoms with van der Waals surface area (Å²) in [7, 11) is 0. The van der Waals surface area contributed by atoms with Gasteiger partial charge in [-0.2, -0.15) is 0 Å². The third-order valence-electron chi connectivity index (χ3n) is 6.78. The Balaban J connectivity index is 1.65. The van der Waals surface area contributed by atoms with Gasteiger partial charge in [-0.15, -0.1) is 0 Å². The first kappa shape index (κ1) is 23.9. The van der Waals surface area contributed by atoms with Gasteiger partial charge in [-0.1, -0.05) is 45.0 Å². The summed E-state index contributed by atoms with van der Waals surface area (Å²) in [5.74, 6) is -0.624. The largest absolute Gasteiger partial charge is 0.396 e. The molecule has 31 heavy (non-hydrogen) atoms. The number of hydrogen-bond donors (Lipinski definition) is 2. The Kier molecular flexibility index (Phi) is 7.87. The standard InChI is InChI=1S/C27H37F2NO/c1-26(2,3)22-8-6-9-23(17-22)27(12-10-20(19-31)11-13-27)30-14-5-4-7-21-15-24(28)18-25(29)16-21/h6,8-9,15-18,20,30-31H,4-5,7,10-14,19H2,1-3H3. The van der Waals surface area contributed by atoms with E-state index in [4.69, 9.17) is 0 Å². The summed E-state index contributed by atoms with van der Waals surface area (Å²) < 4.78 is 26.8. The summed E-state index contributed by atoms with van der Waals surface area (Å²) in [6.45, 7) is 7.85. The summed E-state index contributed by atoms with van der Waals surface area (Å²) in [6, 6.07) is 12.7. The molecule has 0 atom stereocenters. The molecule has 2 aromatic carbocycles. The lowest BCUT2D eigenvalue weighted by Crippen LogP contribution is -2.46. The number of aliphatic hydroxyl groups is 1. The average Bonchev–Trinajstić information content (AvgIpc) is 2.73. The third kappa shape index (κ3) is 6.36. The van der Waals surface area contributed by atoms with Crippen LogP contribution in [-0.2, 0) is 17.4 Å². The molecular weight excluding hydrogens is 392 g/mol. The van der Waals surface area contributed by atoms with Crippen LogP contribution in [0.2, 0.25) is 0 Å². The van der Waals surface area contributed by atoms with E-state index in [-0.39, 0.29) is 17.6 Å². The molecule has 1 aliphatic rings. The molecule has 0 amide bonds. The lowest BCUT2D eigenvalue weighted by atomic mass is 9.71. The molecule has 0 heterocycles. The van der Waals surface area contributed by atoms with Gasteiger partial charge in [-0.25, -0.2) is 8.78 Å². The Hall–Kier alpha value is -1.78. The van der Waals surface area contributed by atoms with Crippen LogP contribution in [0.4, 0.5) is 8.78 Å². The van der Waals surface area contributed by atoms with Gasteiger partial charge in [0, 0.05) is 18.2 Å². The SMILES string of the molecule is CC(C)(C)c1cccc(C2(NCCCCc3cc(F)cc(F)c3)CCC(CO)CC2)c1. The van der Waals surface area contributed by atoms with Crippen molar-refractivity contribution in [3.63, 3.8) is 0 Å². The van der Waals surface area contributed by atoms with Gasteiger partial charge in [0.05, 0.1) is 0 Å². The van der Waals surface area contributed by atoms with E-state index in [1.54, 1.807) is 0 Å². The maximum Gasteiger partial charge on any atom is 0.126 e. The number of aliphatic hydroxyl groups excluding tert-OH is 1. The molecule has 1 fully saturated rings. The molecule has 0 spiro atoms. The zero-order valence-corrected chi connectivity index (χ0v) is 19.2. The predicted molar refractivity (Wildman–Crippen MR) is 123 cm³/mol. The summed E-state index contributed by atoms with van der Waals surface area (Å²) in [5, 5.41) is 13.5. The van der Waals surface area contributed by atoms with Gasteiger partial charge in [0.2, 0.25) is 0 Å². The maximum atomic E-state index is 13.4. The van der Waals surface area contributed by atoms with E-state index in [1.807, 2.05) is 0 Å². The maximum absolute atomic E-state index is 13.4. The fourth-order valence-corrected chi connectivity index (χ4v) is 4.74. The summed E-state index contributed by atoms with van der Waals surface area (Å²) in [4.78, 5) is 0. The minimum atomic E-state index is -0.508.